The Morgan fingerprint density at radius 2 is 1.95 bits per heavy atom. The summed E-state index contributed by atoms with van der Waals surface area (Å²) in [7, 11) is 0. The highest BCUT2D eigenvalue weighted by atomic mass is 32.1. The highest BCUT2D eigenvalue weighted by Gasteiger charge is 2.40. The fraction of sp³-hybridized carbons (Fsp3) is 0.667. The fourth-order valence-electron chi connectivity index (χ4n) is 3.28. The third kappa shape index (κ3) is 2.90. The fourth-order valence-corrected chi connectivity index (χ4v) is 3.94. The van der Waals surface area contributed by atoms with Crippen LogP contribution in [0.25, 0.3) is 0 Å². The lowest BCUT2D eigenvalue weighted by atomic mass is 9.97. The molecule has 1 aromatic heterocycles. The van der Waals surface area contributed by atoms with E-state index in [0.29, 0.717) is 0 Å². The predicted octanol–water partition coefficient (Wildman–Crippen LogP) is 1.66. The molecule has 1 aliphatic carbocycles. The van der Waals surface area contributed by atoms with Gasteiger partial charge in [0, 0.05) is 32.7 Å². The Morgan fingerprint density at radius 3 is 2.55 bits per heavy atom. The number of carbonyl (C=O) groups is 1. The number of piperazine rings is 1. The van der Waals surface area contributed by atoms with Crippen LogP contribution in [0.3, 0.4) is 0 Å². The average Bonchev–Trinajstić information content (AvgIpc) is 3.11. The molecule has 0 atom stereocenters. The van der Waals surface area contributed by atoms with Gasteiger partial charge in [0.2, 0.25) is 5.91 Å². The summed E-state index contributed by atoms with van der Waals surface area (Å²) in [6, 6.07) is 2.18. The van der Waals surface area contributed by atoms with Crippen molar-refractivity contribution in [2.75, 3.05) is 26.2 Å². The van der Waals surface area contributed by atoms with Crippen molar-refractivity contribution in [1.82, 2.24) is 9.80 Å². The van der Waals surface area contributed by atoms with E-state index in [1.807, 2.05) is 4.90 Å². The van der Waals surface area contributed by atoms with Gasteiger partial charge < -0.3 is 10.6 Å². The highest BCUT2D eigenvalue weighted by Crippen LogP contribution is 2.29. The third-order valence-corrected chi connectivity index (χ3v) is 5.30. The van der Waals surface area contributed by atoms with Crippen LogP contribution in [0.5, 0.6) is 0 Å². The number of hydrogen-bond donors (Lipinski definition) is 1. The zero-order valence-corrected chi connectivity index (χ0v) is 12.7. The second-order valence-electron chi connectivity index (χ2n) is 6.06. The van der Waals surface area contributed by atoms with Crippen molar-refractivity contribution in [3.8, 4) is 0 Å². The molecule has 2 N–H and O–H groups in total. The molecule has 2 heterocycles. The maximum atomic E-state index is 12.5. The first-order valence-corrected chi connectivity index (χ1v) is 8.43. The van der Waals surface area contributed by atoms with Gasteiger partial charge in [-0.2, -0.15) is 11.3 Å². The van der Waals surface area contributed by atoms with Crippen LogP contribution in [0.1, 0.15) is 31.2 Å². The summed E-state index contributed by atoms with van der Waals surface area (Å²) in [5.41, 5.74) is 7.09. The van der Waals surface area contributed by atoms with Crippen LogP contribution in [-0.4, -0.2) is 47.4 Å². The van der Waals surface area contributed by atoms with Gasteiger partial charge in [-0.3, -0.25) is 9.69 Å². The summed E-state index contributed by atoms with van der Waals surface area (Å²) in [4.78, 5) is 16.9. The van der Waals surface area contributed by atoms with E-state index >= 15 is 0 Å². The molecule has 5 heteroatoms. The molecule has 2 fully saturated rings. The SMILES string of the molecule is NC1(C(=O)N2CCN(Cc3ccsc3)CC2)CCCC1. The van der Waals surface area contributed by atoms with Crippen LogP contribution >= 0.6 is 11.3 Å². The molecule has 0 radical (unpaired) electrons. The van der Waals surface area contributed by atoms with E-state index in [1.165, 1.54) is 5.56 Å². The molecular weight excluding hydrogens is 270 g/mol. The van der Waals surface area contributed by atoms with Crippen molar-refractivity contribution < 1.29 is 4.79 Å². The summed E-state index contributed by atoms with van der Waals surface area (Å²) in [6.07, 6.45) is 3.92. The summed E-state index contributed by atoms with van der Waals surface area (Å²) < 4.78 is 0. The minimum atomic E-state index is -0.560. The van der Waals surface area contributed by atoms with Crippen LogP contribution < -0.4 is 5.73 Å². The number of amides is 1. The van der Waals surface area contributed by atoms with Crippen LogP contribution in [0, 0.1) is 0 Å². The molecule has 0 aromatic carbocycles. The van der Waals surface area contributed by atoms with Crippen LogP contribution in [0.4, 0.5) is 0 Å². The normalized spacial score (nSPS) is 23.1. The number of thiophene rings is 1. The Labute approximate surface area is 124 Å². The van der Waals surface area contributed by atoms with Gasteiger partial charge in [-0.05, 0) is 35.2 Å². The van der Waals surface area contributed by atoms with Crippen molar-refractivity contribution in [2.45, 2.75) is 37.8 Å². The lowest BCUT2D eigenvalue weighted by molar-refractivity contribution is -0.138. The number of nitrogens with two attached hydrogens (primary N) is 1. The number of rotatable bonds is 3. The second-order valence-corrected chi connectivity index (χ2v) is 6.84. The van der Waals surface area contributed by atoms with Gasteiger partial charge in [0.15, 0.2) is 0 Å². The van der Waals surface area contributed by atoms with E-state index in [2.05, 4.69) is 21.7 Å². The van der Waals surface area contributed by atoms with E-state index in [1.54, 1.807) is 11.3 Å². The average molecular weight is 293 g/mol. The Bertz CT molecular complexity index is 446. The van der Waals surface area contributed by atoms with Crippen LogP contribution in [-0.2, 0) is 11.3 Å². The predicted molar refractivity (Wildman–Crippen MR) is 81.6 cm³/mol. The van der Waals surface area contributed by atoms with Gasteiger partial charge in [-0.1, -0.05) is 12.8 Å². The summed E-state index contributed by atoms with van der Waals surface area (Å²) in [5.74, 6) is 0.185. The molecule has 0 unspecified atom stereocenters. The van der Waals surface area contributed by atoms with Gasteiger partial charge in [-0.25, -0.2) is 0 Å². The minimum absolute atomic E-state index is 0.185. The molecular formula is C15H23N3OS. The molecule has 1 saturated carbocycles. The zero-order chi connectivity index (χ0) is 14.0. The minimum Gasteiger partial charge on any atom is -0.339 e. The summed E-state index contributed by atoms with van der Waals surface area (Å²) in [5, 5.41) is 4.32. The molecule has 1 amide bonds. The molecule has 2 aliphatic rings. The van der Waals surface area contributed by atoms with Crippen molar-refractivity contribution >= 4 is 17.2 Å². The van der Waals surface area contributed by atoms with Gasteiger partial charge in [0.1, 0.15) is 0 Å². The standard InChI is InChI=1S/C15H23N3OS/c16-15(4-1-2-5-15)14(19)18-8-6-17(7-9-18)11-13-3-10-20-12-13/h3,10,12H,1-2,4-9,11,16H2. The first-order valence-electron chi connectivity index (χ1n) is 7.49. The van der Waals surface area contributed by atoms with Crippen molar-refractivity contribution in [2.24, 2.45) is 5.73 Å². The molecule has 1 aliphatic heterocycles. The van der Waals surface area contributed by atoms with Gasteiger partial charge in [-0.15, -0.1) is 0 Å². The maximum Gasteiger partial charge on any atom is 0.242 e. The van der Waals surface area contributed by atoms with Crippen LogP contribution in [0.2, 0.25) is 0 Å². The first kappa shape index (κ1) is 14.0. The van der Waals surface area contributed by atoms with E-state index in [9.17, 15) is 4.79 Å². The van der Waals surface area contributed by atoms with Crippen LogP contribution in [0.15, 0.2) is 16.8 Å². The van der Waals surface area contributed by atoms with Crippen molar-refractivity contribution in [3.63, 3.8) is 0 Å². The van der Waals surface area contributed by atoms with Gasteiger partial charge in [0.05, 0.1) is 5.54 Å². The Kier molecular flexibility index (Phi) is 4.10. The summed E-state index contributed by atoms with van der Waals surface area (Å²) in [6.45, 7) is 4.55. The van der Waals surface area contributed by atoms with Crippen molar-refractivity contribution in [1.29, 1.82) is 0 Å². The van der Waals surface area contributed by atoms with Gasteiger partial charge >= 0.3 is 0 Å². The molecule has 4 nitrogen and oxygen atoms in total. The Morgan fingerprint density at radius 1 is 1.25 bits per heavy atom. The topological polar surface area (TPSA) is 49.6 Å². The first-order chi connectivity index (χ1) is 9.67. The summed E-state index contributed by atoms with van der Waals surface area (Å²) >= 11 is 1.74. The Hall–Kier alpha value is -0.910. The molecule has 3 rings (SSSR count). The van der Waals surface area contributed by atoms with E-state index in [4.69, 9.17) is 5.73 Å². The number of carbonyl (C=O) groups excluding carboxylic acids is 1. The Balaban J connectivity index is 1.52. The quantitative estimate of drug-likeness (QED) is 0.922. The van der Waals surface area contributed by atoms with E-state index in [0.717, 1.165) is 58.4 Å². The van der Waals surface area contributed by atoms with Crippen molar-refractivity contribution in [3.05, 3.63) is 22.4 Å². The number of hydrogen-bond acceptors (Lipinski definition) is 4. The lowest BCUT2D eigenvalue weighted by Crippen LogP contribution is -2.58. The third-order valence-electron chi connectivity index (χ3n) is 4.57. The second kappa shape index (κ2) is 5.84. The monoisotopic (exact) mass is 293 g/mol. The molecule has 110 valence electrons. The maximum absolute atomic E-state index is 12.5. The molecule has 0 spiro atoms. The lowest BCUT2D eigenvalue weighted by Gasteiger charge is -2.38. The highest BCUT2D eigenvalue weighted by molar-refractivity contribution is 7.07. The smallest absolute Gasteiger partial charge is 0.242 e. The molecule has 20 heavy (non-hydrogen) atoms. The number of nitrogens with zero attached hydrogens (tertiary/aromatic N) is 2. The van der Waals surface area contributed by atoms with Gasteiger partial charge in [0.25, 0.3) is 0 Å². The molecule has 0 bridgehead atoms. The van der Waals surface area contributed by atoms with E-state index < -0.39 is 5.54 Å². The zero-order valence-electron chi connectivity index (χ0n) is 11.9. The molecule has 1 aromatic rings. The largest absolute Gasteiger partial charge is 0.339 e. The van der Waals surface area contributed by atoms with E-state index in [-0.39, 0.29) is 5.91 Å². The molecule has 1 saturated heterocycles.